The summed E-state index contributed by atoms with van der Waals surface area (Å²) in [6.07, 6.45) is 2.49. The summed E-state index contributed by atoms with van der Waals surface area (Å²) in [5.41, 5.74) is 0. The van der Waals surface area contributed by atoms with Crippen molar-refractivity contribution in [2.45, 2.75) is 13.0 Å². The molecule has 0 amide bonds. The first-order valence-electron chi connectivity index (χ1n) is 3.86. The van der Waals surface area contributed by atoms with Gasteiger partial charge in [0.15, 0.2) is 0 Å². The van der Waals surface area contributed by atoms with Crippen LogP contribution >= 0.6 is 0 Å². The third kappa shape index (κ3) is 7.45. The Labute approximate surface area is 76.6 Å². The van der Waals surface area contributed by atoms with E-state index in [-0.39, 0.29) is 12.7 Å². The van der Waals surface area contributed by atoms with E-state index in [9.17, 15) is 4.79 Å². The number of hydrogen-bond donors (Lipinski definition) is 2. The molecule has 0 saturated carbocycles. The van der Waals surface area contributed by atoms with Crippen molar-refractivity contribution in [3.63, 3.8) is 0 Å². The highest BCUT2D eigenvalue weighted by Gasteiger charge is 2.13. The number of ether oxygens (including phenoxy) is 2. The predicted molar refractivity (Wildman–Crippen MR) is 45.2 cm³/mol. The minimum absolute atomic E-state index is 0.0694. The van der Waals surface area contributed by atoms with Crippen LogP contribution in [0.5, 0.6) is 0 Å². The highest BCUT2D eigenvalue weighted by Crippen LogP contribution is 1.99. The normalized spacial score (nSPS) is 21.2. The smallest absolute Gasteiger partial charge is 0.327 e. The fourth-order valence-corrected chi connectivity index (χ4v) is 0.620. The van der Waals surface area contributed by atoms with Gasteiger partial charge in [-0.3, -0.25) is 0 Å². The molecule has 1 aliphatic rings. The molecule has 1 rings (SSSR count). The number of carbonyl (C=O) groups is 1. The van der Waals surface area contributed by atoms with E-state index in [2.05, 4.69) is 0 Å². The number of rotatable bonds is 2. The second-order valence-electron chi connectivity index (χ2n) is 2.30. The van der Waals surface area contributed by atoms with Gasteiger partial charge in [-0.05, 0) is 6.92 Å². The van der Waals surface area contributed by atoms with E-state index in [4.69, 9.17) is 19.7 Å². The molecule has 5 nitrogen and oxygen atoms in total. The molecule has 1 heterocycles. The Bertz CT molecular complexity index is 160. The standard InChI is InChI=1S/C4H8O3.C4H6O2/c5-1-4-2-6-3-7-4;1-2-3-4(5)6/h4-5H,1-3H2;2-3H,1H3,(H,5,6). The van der Waals surface area contributed by atoms with Gasteiger partial charge in [-0.15, -0.1) is 0 Å². The lowest BCUT2D eigenvalue weighted by Crippen LogP contribution is -2.13. The molecule has 0 aromatic rings. The van der Waals surface area contributed by atoms with E-state index in [1.807, 2.05) is 0 Å². The molecule has 1 saturated heterocycles. The van der Waals surface area contributed by atoms with Gasteiger partial charge in [0, 0.05) is 6.08 Å². The Morgan fingerprint density at radius 1 is 1.69 bits per heavy atom. The molecule has 0 radical (unpaired) electrons. The predicted octanol–water partition coefficient (Wildman–Crippen LogP) is -0.00130. The topological polar surface area (TPSA) is 76.0 Å². The Hall–Kier alpha value is -0.910. The van der Waals surface area contributed by atoms with Gasteiger partial charge in [-0.25, -0.2) is 4.79 Å². The van der Waals surface area contributed by atoms with Gasteiger partial charge in [0.2, 0.25) is 0 Å². The van der Waals surface area contributed by atoms with Gasteiger partial charge in [-0.2, -0.15) is 0 Å². The molecule has 2 N–H and O–H groups in total. The number of hydrogen-bond acceptors (Lipinski definition) is 4. The summed E-state index contributed by atoms with van der Waals surface area (Å²) in [7, 11) is 0. The second kappa shape index (κ2) is 7.72. The first-order valence-corrected chi connectivity index (χ1v) is 3.86. The first kappa shape index (κ1) is 12.1. The summed E-state index contributed by atoms with van der Waals surface area (Å²) in [5, 5.41) is 16.2. The maximum atomic E-state index is 9.51. The minimum Gasteiger partial charge on any atom is -0.478 e. The van der Waals surface area contributed by atoms with Gasteiger partial charge in [0.25, 0.3) is 0 Å². The van der Waals surface area contributed by atoms with E-state index in [0.717, 1.165) is 6.08 Å². The summed E-state index contributed by atoms with van der Waals surface area (Å²) in [6.45, 7) is 2.61. The number of carboxylic acid groups (broad SMARTS) is 1. The van der Waals surface area contributed by atoms with Crippen LogP contribution < -0.4 is 0 Å². The van der Waals surface area contributed by atoms with Crippen LogP contribution in [0.4, 0.5) is 0 Å². The van der Waals surface area contributed by atoms with Crippen LogP contribution in [0.25, 0.3) is 0 Å². The largest absolute Gasteiger partial charge is 0.478 e. The summed E-state index contributed by atoms with van der Waals surface area (Å²) in [4.78, 5) is 9.51. The number of allylic oxidation sites excluding steroid dienone is 1. The molecule has 76 valence electrons. The van der Waals surface area contributed by atoms with Gasteiger partial charge >= 0.3 is 5.97 Å². The molecule has 0 bridgehead atoms. The van der Waals surface area contributed by atoms with E-state index < -0.39 is 5.97 Å². The zero-order valence-corrected chi connectivity index (χ0v) is 7.47. The molecule has 0 spiro atoms. The van der Waals surface area contributed by atoms with Crippen molar-refractivity contribution < 1.29 is 24.5 Å². The Morgan fingerprint density at radius 2 is 2.38 bits per heavy atom. The van der Waals surface area contributed by atoms with E-state index in [1.54, 1.807) is 6.92 Å². The highest BCUT2D eigenvalue weighted by atomic mass is 16.7. The molecule has 1 aliphatic heterocycles. The first-order chi connectivity index (χ1) is 6.20. The van der Waals surface area contributed by atoms with Gasteiger partial charge in [0.1, 0.15) is 12.9 Å². The highest BCUT2D eigenvalue weighted by molar-refractivity contribution is 5.79. The van der Waals surface area contributed by atoms with Crippen molar-refractivity contribution >= 4 is 5.97 Å². The van der Waals surface area contributed by atoms with Gasteiger partial charge in [0.05, 0.1) is 13.2 Å². The van der Waals surface area contributed by atoms with Crippen LogP contribution in [0.1, 0.15) is 6.92 Å². The van der Waals surface area contributed by atoms with Crippen LogP contribution in [0, 0.1) is 0 Å². The zero-order chi connectivity index (χ0) is 10.1. The molecular weight excluding hydrogens is 176 g/mol. The quantitative estimate of drug-likeness (QED) is 0.599. The monoisotopic (exact) mass is 190 g/mol. The van der Waals surface area contributed by atoms with Crippen molar-refractivity contribution in [3.05, 3.63) is 12.2 Å². The summed E-state index contributed by atoms with van der Waals surface area (Å²) >= 11 is 0. The van der Waals surface area contributed by atoms with Gasteiger partial charge < -0.3 is 19.7 Å². The zero-order valence-electron chi connectivity index (χ0n) is 7.47. The molecule has 5 heteroatoms. The van der Waals surface area contributed by atoms with E-state index in [0.29, 0.717) is 13.4 Å². The van der Waals surface area contributed by atoms with E-state index >= 15 is 0 Å². The molecule has 1 unspecified atom stereocenters. The molecule has 0 aromatic carbocycles. The summed E-state index contributed by atoms with van der Waals surface area (Å²) in [5.74, 6) is -0.891. The number of aliphatic hydroxyl groups is 1. The van der Waals surface area contributed by atoms with Crippen LogP contribution in [0.2, 0.25) is 0 Å². The number of aliphatic carboxylic acids is 1. The maximum Gasteiger partial charge on any atom is 0.327 e. The fourth-order valence-electron chi connectivity index (χ4n) is 0.620. The molecule has 13 heavy (non-hydrogen) atoms. The number of aliphatic hydroxyl groups excluding tert-OH is 1. The van der Waals surface area contributed by atoms with Crippen molar-refractivity contribution in [2.24, 2.45) is 0 Å². The maximum absolute atomic E-state index is 9.51. The van der Waals surface area contributed by atoms with Crippen LogP contribution in [-0.2, 0) is 14.3 Å². The third-order valence-corrected chi connectivity index (χ3v) is 1.20. The molecule has 1 atom stereocenters. The Morgan fingerprint density at radius 3 is 2.54 bits per heavy atom. The minimum atomic E-state index is -0.891. The number of carboxylic acids is 1. The average Bonchev–Trinajstić information content (AvgIpc) is 2.56. The van der Waals surface area contributed by atoms with Crippen molar-refractivity contribution in [2.75, 3.05) is 20.0 Å². The molecular formula is C8H14O5. The van der Waals surface area contributed by atoms with Gasteiger partial charge in [-0.1, -0.05) is 6.08 Å². The average molecular weight is 190 g/mol. The Balaban J connectivity index is 0.000000226. The molecule has 0 aliphatic carbocycles. The summed E-state index contributed by atoms with van der Waals surface area (Å²) < 4.78 is 9.60. The molecule has 0 aromatic heterocycles. The lowest BCUT2D eigenvalue weighted by Gasteiger charge is -1.97. The van der Waals surface area contributed by atoms with Crippen LogP contribution in [0.3, 0.4) is 0 Å². The second-order valence-corrected chi connectivity index (χ2v) is 2.30. The SMILES string of the molecule is CC=CC(=O)O.OCC1COCO1. The third-order valence-electron chi connectivity index (χ3n) is 1.20. The van der Waals surface area contributed by atoms with Crippen molar-refractivity contribution in [3.8, 4) is 0 Å². The van der Waals surface area contributed by atoms with Crippen molar-refractivity contribution in [1.29, 1.82) is 0 Å². The van der Waals surface area contributed by atoms with E-state index in [1.165, 1.54) is 6.08 Å². The van der Waals surface area contributed by atoms with Crippen LogP contribution in [-0.4, -0.2) is 42.3 Å². The molecule has 1 fully saturated rings. The van der Waals surface area contributed by atoms with Crippen molar-refractivity contribution in [1.82, 2.24) is 0 Å². The van der Waals surface area contributed by atoms with Crippen LogP contribution in [0.15, 0.2) is 12.2 Å². The fraction of sp³-hybridized carbons (Fsp3) is 0.625. The summed E-state index contributed by atoms with van der Waals surface area (Å²) in [6, 6.07) is 0. The lowest BCUT2D eigenvalue weighted by molar-refractivity contribution is -0.131. The Kier molecular flexibility index (Phi) is 7.18. The lowest BCUT2D eigenvalue weighted by atomic mass is 10.4.